The van der Waals surface area contributed by atoms with Crippen LogP contribution in [0.25, 0.3) is 0 Å². The minimum absolute atomic E-state index is 0.0929. The van der Waals surface area contributed by atoms with Gasteiger partial charge in [0, 0.05) is 30.5 Å². The zero-order valence-electron chi connectivity index (χ0n) is 12.5. The second kappa shape index (κ2) is 8.13. The third-order valence-electron chi connectivity index (χ3n) is 4.46. The number of carbonyl (C=O) groups excluding carboxylic acids is 1. The van der Waals surface area contributed by atoms with Gasteiger partial charge in [0.25, 0.3) is 0 Å². The molecular formula is C15H28N2O2S. The summed E-state index contributed by atoms with van der Waals surface area (Å²) in [6.07, 6.45) is 7.47. The topological polar surface area (TPSA) is 52.6 Å². The average Bonchev–Trinajstić information content (AvgIpc) is 2.87. The molecule has 2 fully saturated rings. The van der Waals surface area contributed by atoms with Crippen LogP contribution in [0.4, 0.5) is 4.79 Å². The van der Waals surface area contributed by atoms with Crippen molar-refractivity contribution in [1.82, 2.24) is 10.2 Å². The molecule has 116 valence electrons. The monoisotopic (exact) mass is 300 g/mol. The Kier molecular flexibility index (Phi) is 6.49. The van der Waals surface area contributed by atoms with E-state index in [-0.39, 0.29) is 18.7 Å². The number of aliphatic hydroxyl groups excluding tert-OH is 1. The number of thioether (sulfide) groups is 1. The Balaban J connectivity index is 1.81. The van der Waals surface area contributed by atoms with Crippen molar-refractivity contribution < 1.29 is 9.90 Å². The number of hydrogen-bond acceptors (Lipinski definition) is 3. The van der Waals surface area contributed by atoms with E-state index in [0.29, 0.717) is 12.5 Å². The lowest BCUT2D eigenvalue weighted by molar-refractivity contribution is 0.129. The van der Waals surface area contributed by atoms with Crippen LogP contribution in [0.5, 0.6) is 0 Å². The lowest BCUT2D eigenvalue weighted by Crippen LogP contribution is -2.51. The maximum Gasteiger partial charge on any atom is 0.317 e. The van der Waals surface area contributed by atoms with Gasteiger partial charge < -0.3 is 15.3 Å². The molecule has 1 aliphatic heterocycles. The van der Waals surface area contributed by atoms with E-state index in [9.17, 15) is 4.79 Å². The Morgan fingerprint density at radius 1 is 1.35 bits per heavy atom. The number of likely N-dealkylation sites (tertiary alicyclic amines) is 1. The first-order valence-electron chi connectivity index (χ1n) is 8.04. The molecule has 3 atom stereocenters. The molecule has 0 unspecified atom stereocenters. The van der Waals surface area contributed by atoms with Gasteiger partial charge in [-0.3, -0.25) is 0 Å². The summed E-state index contributed by atoms with van der Waals surface area (Å²) >= 11 is 2.02. The van der Waals surface area contributed by atoms with Gasteiger partial charge in [-0.05, 0) is 50.7 Å². The van der Waals surface area contributed by atoms with Crippen LogP contribution < -0.4 is 5.32 Å². The number of amides is 2. The van der Waals surface area contributed by atoms with Crippen molar-refractivity contribution in [3.63, 3.8) is 0 Å². The van der Waals surface area contributed by atoms with Crippen molar-refractivity contribution >= 4 is 17.8 Å². The third-order valence-corrected chi connectivity index (χ3v) is 5.70. The molecule has 1 saturated heterocycles. The van der Waals surface area contributed by atoms with Crippen LogP contribution in [0, 0.1) is 0 Å². The van der Waals surface area contributed by atoms with E-state index in [1.165, 1.54) is 12.8 Å². The molecule has 0 bridgehead atoms. The quantitative estimate of drug-likeness (QED) is 0.820. The van der Waals surface area contributed by atoms with Crippen LogP contribution in [0.2, 0.25) is 0 Å². The number of nitrogens with zero attached hydrogens (tertiary/aromatic N) is 1. The Morgan fingerprint density at radius 3 is 2.95 bits per heavy atom. The van der Waals surface area contributed by atoms with E-state index in [1.807, 2.05) is 16.7 Å². The molecule has 2 amide bonds. The lowest BCUT2D eigenvalue weighted by Gasteiger charge is -2.36. The zero-order valence-corrected chi connectivity index (χ0v) is 13.3. The number of piperidine rings is 1. The Morgan fingerprint density at radius 2 is 2.20 bits per heavy atom. The summed E-state index contributed by atoms with van der Waals surface area (Å²) in [5.41, 5.74) is 0. The summed E-state index contributed by atoms with van der Waals surface area (Å²) < 4.78 is 0. The molecule has 2 aliphatic rings. The summed E-state index contributed by atoms with van der Waals surface area (Å²) in [6.45, 7) is 3.22. The van der Waals surface area contributed by atoms with Gasteiger partial charge >= 0.3 is 6.03 Å². The number of rotatable bonds is 5. The molecule has 4 nitrogen and oxygen atoms in total. The summed E-state index contributed by atoms with van der Waals surface area (Å²) in [7, 11) is 0. The zero-order chi connectivity index (χ0) is 14.4. The van der Waals surface area contributed by atoms with Gasteiger partial charge in [-0.2, -0.15) is 11.8 Å². The SMILES string of the molecule is CCS[C@@H]1CC[C@@H](NC(=O)N2CCCC[C@@H]2CCO)C1. The molecule has 2 rings (SSSR count). The standard InChI is InChI=1S/C15H28N2O2S/c1-2-20-14-7-6-12(11-14)16-15(19)17-9-4-3-5-13(17)8-10-18/h12-14,18H,2-11H2,1H3,(H,16,19)/t12-,13-,14-/m1/s1. The lowest BCUT2D eigenvalue weighted by atomic mass is 10.00. The third kappa shape index (κ3) is 4.29. The molecule has 20 heavy (non-hydrogen) atoms. The second-order valence-electron chi connectivity index (χ2n) is 5.89. The first kappa shape index (κ1) is 16.0. The fourth-order valence-corrected chi connectivity index (χ4v) is 4.58. The van der Waals surface area contributed by atoms with Gasteiger partial charge in [0.2, 0.25) is 0 Å². The van der Waals surface area contributed by atoms with Gasteiger partial charge in [0.1, 0.15) is 0 Å². The molecule has 1 heterocycles. The molecule has 0 spiro atoms. The number of aliphatic hydroxyl groups is 1. The Labute approximate surface area is 126 Å². The normalized spacial score (nSPS) is 30.5. The fraction of sp³-hybridized carbons (Fsp3) is 0.933. The van der Waals surface area contributed by atoms with E-state index < -0.39 is 0 Å². The number of nitrogens with one attached hydrogen (secondary N) is 1. The molecule has 2 N–H and O–H groups in total. The maximum absolute atomic E-state index is 12.4. The highest BCUT2D eigenvalue weighted by molar-refractivity contribution is 7.99. The van der Waals surface area contributed by atoms with E-state index in [1.54, 1.807) is 0 Å². The molecule has 0 radical (unpaired) electrons. The van der Waals surface area contributed by atoms with Crippen LogP contribution in [-0.2, 0) is 0 Å². The van der Waals surface area contributed by atoms with E-state index in [2.05, 4.69) is 12.2 Å². The Hall–Kier alpha value is -0.420. The van der Waals surface area contributed by atoms with Crippen LogP contribution in [0.1, 0.15) is 51.9 Å². The molecule has 0 aromatic heterocycles. The van der Waals surface area contributed by atoms with Crippen LogP contribution in [-0.4, -0.2) is 52.3 Å². The van der Waals surface area contributed by atoms with Gasteiger partial charge in [-0.25, -0.2) is 4.79 Å². The van der Waals surface area contributed by atoms with Gasteiger partial charge in [0.05, 0.1) is 0 Å². The maximum atomic E-state index is 12.4. The van der Waals surface area contributed by atoms with Gasteiger partial charge in [-0.1, -0.05) is 6.92 Å². The first-order valence-corrected chi connectivity index (χ1v) is 9.09. The molecule has 1 aliphatic carbocycles. The molecule has 0 aromatic rings. The highest BCUT2D eigenvalue weighted by Gasteiger charge is 2.30. The summed E-state index contributed by atoms with van der Waals surface area (Å²) in [4.78, 5) is 14.4. The molecule has 0 aromatic carbocycles. The van der Waals surface area contributed by atoms with E-state index >= 15 is 0 Å². The smallest absolute Gasteiger partial charge is 0.317 e. The minimum Gasteiger partial charge on any atom is -0.396 e. The molecular weight excluding hydrogens is 272 g/mol. The number of carbonyl (C=O) groups is 1. The first-order chi connectivity index (χ1) is 9.74. The van der Waals surface area contributed by atoms with Crippen molar-refractivity contribution in [3.05, 3.63) is 0 Å². The Bertz CT molecular complexity index is 312. The molecule has 5 heteroatoms. The highest BCUT2D eigenvalue weighted by atomic mass is 32.2. The van der Waals surface area contributed by atoms with Crippen molar-refractivity contribution in [1.29, 1.82) is 0 Å². The van der Waals surface area contributed by atoms with Crippen LogP contribution >= 0.6 is 11.8 Å². The van der Waals surface area contributed by atoms with Crippen LogP contribution in [0.15, 0.2) is 0 Å². The van der Waals surface area contributed by atoms with Gasteiger partial charge in [-0.15, -0.1) is 0 Å². The highest BCUT2D eigenvalue weighted by Crippen LogP contribution is 2.30. The predicted octanol–water partition coefficient (Wildman–Crippen LogP) is 2.61. The second-order valence-corrected chi connectivity index (χ2v) is 7.47. The van der Waals surface area contributed by atoms with Crippen molar-refractivity contribution in [3.8, 4) is 0 Å². The summed E-state index contributed by atoms with van der Waals surface area (Å²) in [5.74, 6) is 1.16. The fourth-order valence-electron chi connectivity index (χ4n) is 3.43. The predicted molar refractivity (Wildman–Crippen MR) is 84.1 cm³/mol. The average molecular weight is 300 g/mol. The van der Waals surface area contributed by atoms with E-state index in [0.717, 1.165) is 43.2 Å². The number of urea groups is 1. The largest absolute Gasteiger partial charge is 0.396 e. The van der Waals surface area contributed by atoms with Crippen molar-refractivity contribution in [2.75, 3.05) is 18.9 Å². The molecule has 1 saturated carbocycles. The van der Waals surface area contributed by atoms with E-state index in [4.69, 9.17) is 5.11 Å². The van der Waals surface area contributed by atoms with Gasteiger partial charge in [0.15, 0.2) is 0 Å². The van der Waals surface area contributed by atoms with Crippen molar-refractivity contribution in [2.45, 2.75) is 69.2 Å². The van der Waals surface area contributed by atoms with Crippen LogP contribution in [0.3, 0.4) is 0 Å². The minimum atomic E-state index is 0.0929. The summed E-state index contributed by atoms with van der Waals surface area (Å²) in [5, 5.41) is 13.1. The summed E-state index contributed by atoms with van der Waals surface area (Å²) in [6, 6.07) is 0.675. The number of hydrogen-bond donors (Lipinski definition) is 2. The van der Waals surface area contributed by atoms with Crippen molar-refractivity contribution in [2.24, 2.45) is 0 Å².